The lowest BCUT2D eigenvalue weighted by Crippen LogP contribution is -2.22. The van der Waals surface area contributed by atoms with Crippen LogP contribution in [-0.4, -0.2) is 11.8 Å². The molecule has 1 rings (SSSR count). The van der Waals surface area contributed by atoms with Crippen LogP contribution in [-0.2, 0) is 0 Å². The molecule has 0 aliphatic carbocycles. The van der Waals surface area contributed by atoms with Gasteiger partial charge >= 0.3 is 0 Å². The van der Waals surface area contributed by atoms with Gasteiger partial charge in [-0.25, -0.2) is 4.39 Å². The Morgan fingerprint density at radius 2 is 2.19 bits per heavy atom. The smallest absolute Gasteiger partial charge is 0.136 e. The maximum Gasteiger partial charge on any atom is 0.136 e. The van der Waals surface area contributed by atoms with Crippen molar-refractivity contribution in [2.75, 3.05) is 5.75 Å². The average Bonchev–Trinajstić information content (AvgIpc) is 2.28. The molecule has 0 amide bonds. The fraction of sp³-hybridized carbons (Fsp3) is 0.385. The number of hydrogen-bond acceptors (Lipinski definition) is 2. The highest BCUT2D eigenvalue weighted by Crippen LogP contribution is 2.22. The zero-order valence-corrected chi connectivity index (χ0v) is 9.97. The maximum absolute atomic E-state index is 13.3. The molecule has 0 spiro atoms. The van der Waals surface area contributed by atoms with Crippen LogP contribution in [0.15, 0.2) is 29.2 Å². The van der Waals surface area contributed by atoms with Crippen molar-refractivity contribution in [1.29, 1.82) is 0 Å². The molecule has 1 aromatic carbocycles. The van der Waals surface area contributed by atoms with Gasteiger partial charge < -0.3 is 5.73 Å². The van der Waals surface area contributed by atoms with E-state index >= 15 is 0 Å². The minimum atomic E-state index is -0.177. The number of benzene rings is 1. The van der Waals surface area contributed by atoms with Crippen molar-refractivity contribution in [2.45, 2.75) is 30.2 Å². The number of halogens is 1. The maximum atomic E-state index is 13.3. The van der Waals surface area contributed by atoms with Crippen molar-refractivity contribution in [2.24, 2.45) is 5.73 Å². The molecule has 1 unspecified atom stereocenters. The molecule has 0 radical (unpaired) electrons. The van der Waals surface area contributed by atoms with E-state index < -0.39 is 0 Å². The molecule has 0 aliphatic rings. The molecule has 1 atom stereocenters. The topological polar surface area (TPSA) is 26.0 Å². The summed E-state index contributed by atoms with van der Waals surface area (Å²) >= 11 is 1.46. The Hall–Kier alpha value is -0.980. The second-order valence-corrected chi connectivity index (χ2v) is 4.66. The first kappa shape index (κ1) is 13.1. The van der Waals surface area contributed by atoms with Gasteiger partial charge in [0.15, 0.2) is 0 Å². The van der Waals surface area contributed by atoms with Crippen molar-refractivity contribution >= 4 is 11.8 Å². The molecular formula is C13H16FNS. The zero-order chi connectivity index (χ0) is 11.8. The summed E-state index contributed by atoms with van der Waals surface area (Å²) in [5.41, 5.74) is 5.90. The van der Waals surface area contributed by atoms with Crippen LogP contribution in [0.4, 0.5) is 4.39 Å². The van der Waals surface area contributed by atoms with Gasteiger partial charge in [0, 0.05) is 23.1 Å². The van der Waals surface area contributed by atoms with Crippen molar-refractivity contribution < 1.29 is 4.39 Å². The van der Waals surface area contributed by atoms with E-state index in [1.807, 2.05) is 6.07 Å². The van der Waals surface area contributed by atoms with Crippen LogP contribution in [0.2, 0.25) is 0 Å². The largest absolute Gasteiger partial charge is 0.327 e. The van der Waals surface area contributed by atoms with E-state index in [1.54, 1.807) is 12.1 Å². The predicted molar refractivity (Wildman–Crippen MR) is 67.8 cm³/mol. The Kier molecular flexibility index (Phi) is 5.99. The molecule has 0 saturated carbocycles. The SMILES string of the molecule is C#CCCCC(N)CSc1ccccc1F. The molecule has 0 aliphatic heterocycles. The average molecular weight is 237 g/mol. The number of hydrogen-bond donors (Lipinski definition) is 1. The Balaban J connectivity index is 2.29. The molecule has 3 heteroatoms. The molecular weight excluding hydrogens is 221 g/mol. The van der Waals surface area contributed by atoms with Gasteiger partial charge in [-0.1, -0.05) is 12.1 Å². The van der Waals surface area contributed by atoms with Gasteiger partial charge in [-0.2, -0.15) is 0 Å². The monoisotopic (exact) mass is 237 g/mol. The summed E-state index contributed by atoms with van der Waals surface area (Å²) in [5, 5.41) is 0. The normalized spacial score (nSPS) is 12.1. The molecule has 1 nitrogen and oxygen atoms in total. The molecule has 0 bridgehead atoms. The molecule has 0 heterocycles. The van der Waals surface area contributed by atoms with E-state index in [1.165, 1.54) is 17.8 Å². The Labute approximate surface area is 101 Å². The minimum Gasteiger partial charge on any atom is -0.327 e. The molecule has 2 N–H and O–H groups in total. The summed E-state index contributed by atoms with van der Waals surface area (Å²) in [6.07, 6.45) is 7.75. The molecule has 0 saturated heterocycles. The highest BCUT2D eigenvalue weighted by molar-refractivity contribution is 7.99. The minimum absolute atomic E-state index is 0.0814. The number of thioether (sulfide) groups is 1. The first-order valence-corrected chi connectivity index (χ1v) is 6.29. The molecule has 16 heavy (non-hydrogen) atoms. The second-order valence-electron chi connectivity index (χ2n) is 3.60. The lowest BCUT2D eigenvalue weighted by atomic mass is 10.1. The van der Waals surface area contributed by atoms with Gasteiger partial charge in [-0.05, 0) is 25.0 Å². The Morgan fingerprint density at radius 3 is 2.88 bits per heavy atom. The Bertz CT molecular complexity index is 359. The summed E-state index contributed by atoms with van der Waals surface area (Å²) < 4.78 is 13.3. The van der Waals surface area contributed by atoms with E-state index in [4.69, 9.17) is 12.2 Å². The van der Waals surface area contributed by atoms with Gasteiger partial charge in [-0.3, -0.25) is 0 Å². The summed E-state index contributed by atoms with van der Waals surface area (Å²) in [6, 6.07) is 6.83. The Morgan fingerprint density at radius 1 is 1.44 bits per heavy atom. The van der Waals surface area contributed by atoms with Gasteiger partial charge in [0.2, 0.25) is 0 Å². The van der Waals surface area contributed by atoms with E-state index in [0.29, 0.717) is 4.90 Å². The van der Waals surface area contributed by atoms with Crippen LogP contribution < -0.4 is 5.73 Å². The fourth-order valence-corrected chi connectivity index (χ4v) is 2.25. The summed E-state index contributed by atoms with van der Waals surface area (Å²) in [5.74, 6) is 3.13. The zero-order valence-electron chi connectivity index (χ0n) is 9.16. The van der Waals surface area contributed by atoms with E-state index in [-0.39, 0.29) is 11.9 Å². The highest BCUT2D eigenvalue weighted by atomic mass is 32.2. The third kappa shape index (κ3) is 4.69. The lowest BCUT2D eigenvalue weighted by molar-refractivity contribution is 0.600. The third-order valence-electron chi connectivity index (χ3n) is 2.19. The van der Waals surface area contributed by atoms with Crippen molar-refractivity contribution in [1.82, 2.24) is 0 Å². The van der Waals surface area contributed by atoms with E-state index in [9.17, 15) is 4.39 Å². The van der Waals surface area contributed by atoms with Crippen LogP contribution in [0.1, 0.15) is 19.3 Å². The second kappa shape index (κ2) is 7.32. The van der Waals surface area contributed by atoms with Crippen molar-refractivity contribution in [3.63, 3.8) is 0 Å². The number of unbranched alkanes of at least 4 members (excludes halogenated alkanes) is 1. The van der Waals surface area contributed by atoms with Gasteiger partial charge in [0.25, 0.3) is 0 Å². The summed E-state index contributed by atoms with van der Waals surface area (Å²) in [4.78, 5) is 0.662. The van der Waals surface area contributed by atoms with E-state index in [2.05, 4.69) is 5.92 Å². The lowest BCUT2D eigenvalue weighted by Gasteiger charge is -2.10. The first-order valence-electron chi connectivity index (χ1n) is 5.30. The van der Waals surface area contributed by atoms with Crippen molar-refractivity contribution in [3.8, 4) is 12.3 Å². The van der Waals surface area contributed by atoms with Crippen LogP contribution >= 0.6 is 11.8 Å². The first-order chi connectivity index (χ1) is 7.74. The predicted octanol–water partition coefficient (Wildman–Crippen LogP) is 3.05. The molecule has 0 aromatic heterocycles. The fourth-order valence-electron chi connectivity index (χ4n) is 1.31. The molecule has 0 fully saturated rings. The molecule has 86 valence electrons. The standard InChI is InChI=1S/C13H16FNS/c1-2-3-4-7-11(15)10-16-13-9-6-5-8-12(13)14/h1,5-6,8-9,11H,3-4,7,10,15H2. The third-order valence-corrected chi connectivity index (χ3v) is 3.42. The highest BCUT2D eigenvalue weighted by Gasteiger charge is 2.06. The van der Waals surface area contributed by atoms with Gasteiger partial charge in [-0.15, -0.1) is 24.1 Å². The van der Waals surface area contributed by atoms with Gasteiger partial charge in [0.1, 0.15) is 5.82 Å². The number of terminal acetylenes is 1. The van der Waals surface area contributed by atoms with Crippen molar-refractivity contribution in [3.05, 3.63) is 30.1 Å². The quantitative estimate of drug-likeness (QED) is 0.467. The number of nitrogens with two attached hydrogens (primary N) is 1. The van der Waals surface area contributed by atoms with Crippen LogP contribution in [0, 0.1) is 18.2 Å². The van der Waals surface area contributed by atoms with Crippen LogP contribution in [0.5, 0.6) is 0 Å². The van der Waals surface area contributed by atoms with Gasteiger partial charge in [0.05, 0.1) is 0 Å². The molecule has 1 aromatic rings. The van der Waals surface area contributed by atoms with Crippen LogP contribution in [0.25, 0.3) is 0 Å². The van der Waals surface area contributed by atoms with E-state index in [0.717, 1.165) is 25.0 Å². The summed E-state index contributed by atoms with van der Waals surface area (Å²) in [7, 11) is 0. The summed E-state index contributed by atoms with van der Waals surface area (Å²) in [6.45, 7) is 0. The van der Waals surface area contributed by atoms with Crippen LogP contribution in [0.3, 0.4) is 0 Å². The number of rotatable bonds is 6.